The molecule has 6 heteroatoms. The second-order valence-corrected chi connectivity index (χ2v) is 6.09. The van der Waals surface area contributed by atoms with Crippen LogP contribution in [-0.2, 0) is 14.3 Å². The van der Waals surface area contributed by atoms with Crippen molar-refractivity contribution >= 4 is 35.3 Å². The Morgan fingerprint density at radius 2 is 2.00 bits per heavy atom. The van der Waals surface area contributed by atoms with Crippen molar-refractivity contribution in [1.82, 2.24) is 0 Å². The molecule has 1 aromatic rings. The second-order valence-electron chi connectivity index (χ2n) is 4.94. The Kier molecular flexibility index (Phi) is 10.2. The van der Waals surface area contributed by atoms with Gasteiger partial charge in [0, 0.05) is 12.2 Å². The molecule has 5 nitrogen and oxygen atoms in total. The lowest BCUT2D eigenvalue weighted by Crippen LogP contribution is -2.27. The molecule has 24 heavy (non-hydrogen) atoms. The molecule has 0 bridgehead atoms. The first-order chi connectivity index (χ1) is 11.7. The lowest BCUT2D eigenvalue weighted by molar-refractivity contribution is -0.141. The maximum absolute atomic E-state index is 11.8. The average Bonchev–Trinajstić information content (AvgIpc) is 2.59. The van der Waals surface area contributed by atoms with E-state index >= 15 is 0 Å². The van der Waals surface area contributed by atoms with Gasteiger partial charge in [-0.15, -0.1) is 0 Å². The van der Waals surface area contributed by atoms with Crippen molar-refractivity contribution in [2.45, 2.75) is 26.2 Å². The fourth-order valence-corrected chi connectivity index (χ4v) is 2.72. The zero-order valence-electron chi connectivity index (χ0n) is 13.8. The molecular weight excluding hydrogens is 324 g/mol. The molecule has 0 aliphatic heterocycles. The van der Waals surface area contributed by atoms with Crippen molar-refractivity contribution < 1.29 is 19.1 Å². The van der Waals surface area contributed by atoms with Crippen molar-refractivity contribution in [3.63, 3.8) is 0 Å². The van der Waals surface area contributed by atoms with Gasteiger partial charge in [0.1, 0.15) is 0 Å². The predicted octanol–water partition coefficient (Wildman–Crippen LogP) is 3.41. The number of nitrogens with zero attached hydrogens (tertiary/aromatic N) is 2. The van der Waals surface area contributed by atoms with E-state index in [1.807, 2.05) is 18.2 Å². The molecule has 0 fully saturated rings. The summed E-state index contributed by atoms with van der Waals surface area (Å²) in [5.41, 5.74) is 9.40. The van der Waals surface area contributed by atoms with E-state index in [-0.39, 0.29) is 13.0 Å². The average molecular weight is 346 g/mol. The Labute approximate surface area is 146 Å². The van der Waals surface area contributed by atoms with Crippen LogP contribution >= 0.6 is 11.8 Å². The topological polar surface area (TPSA) is 79.8 Å². The summed E-state index contributed by atoms with van der Waals surface area (Å²) < 4.78 is 4.66. The number of ketones is 1. The first-order valence-corrected chi connectivity index (χ1v) is 9.06. The molecule has 0 saturated carbocycles. The summed E-state index contributed by atoms with van der Waals surface area (Å²) >= 11 is 1.78. The van der Waals surface area contributed by atoms with Crippen LogP contribution in [0, 0.1) is 0 Å². The molecule has 0 radical (unpaired) electrons. The van der Waals surface area contributed by atoms with Gasteiger partial charge in [0.05, 0.1) is 6.61 Å². The van der Waals surface area contributed by atoms with Gasteiger partial charge in [0.2, 0.25) is 0 Å². The molecule has 1 rings (SSSR count). The van der Waals surface area contributed by atoms with Gasteiger partial charge in [-0.1, -0.05) is 42.5 Å². The van der Waals surface area contributed by atoms with Crippen LogP contribution in [0.4, 0.5) is 0 Å². The summed E-state index contributed by atoms with van der Waals surface area (Å²) in [7, 11) is 0. The molecule has 0 heterocycles. The van der Waals surface area contributed by atoms with Gasteiger partial charge >= 0.3 is 11.7 Å². The standard InChI is InChI=1S/C18H22N2O3S/c1-2-23-18(22)17(20-19)16(21)12-6-7-13-24-14-8-11-15-9-4-3-5-10-15/h3-5,8-11H,2,6-7,12-14H2,1H3/b11-8+. The van der Waals surface area contributed by atoms with Crippen LogP contribution in [0.1, 0.15) is 31.7 Å². The van der Waals surface area contributed by atoms with Gasteiger partial charge in [-0.3, -0.25) is 4.79 Å². The monoisotopic (exact) mass is 346 g/mol. The molecule has 0 amide bonds. The van der Waals surface area contributed by atoms with Crippen molar-refractivity contribution in [1.29, 1.82) is 0 Å². The molecule has 1 aromatic carbocycles. The number of carbonyl (C=O) groups excluding carboxylic acids is 2. The van der Waals surface area contributed by atoms with E-state index in [4.69, 9.17) is 5.53 Å². The van der Waals surface area contributed by atoms with Crippen molar-refractivity contribution in [3.8, 4) is 0 Å². The van der Waals surface area contributed by atoms with E-state index in [0.717, 1.165) is 17.9 Å². The fourth-order valence-electron chi connectivity index (χ4n) is 1.92. The van der Waals surface area contributed by atoms with Gasteiger partial charge < -0.3 is 10.3 Å². The van der Waals surface area contributed by atoms with Crippen LogP contribution in [0.2, 0.25) is 0 Å². The van der Waals surface area contributed by atoms with Gasteiger partial charge in [-0.05, 0) is 31.1 Å². The number of carbonyl (C=O) groups is 2. The highest BCUT2D eigenvalue weighted by Gasteiger charge is 2.29. The maximum atomic E-state index is 11.8. The third-order valence-corrected chi connectivity index (χ3v) is 4.10. The van der Waals surface area contributed by atoms with Crippen molar-refractivity contribution in [2.24, 2.45) is 0 Å². The lowest BCUT2D eigenvalue weighted by Gasteiger charge is -1.99. The molecule has 0 saturated heterocycles. The lowest BCUT2D eigenvalue weighted by atomic mass is 10.1. The summed E-state index contributed by atoms with van der Waals surface area (Å²) in [5.74, 6) is 0.488. The van der Waals surface area contributed by atoms with E-state index in [2.05, 4.69) is 33.8 Å². The number of thioether (sulfide) groups is 1. The molecule has 128 valence electrons. The molecule has 0 unspecified atom stereocenters. The van der Waals surface area contributed by atoms with E-state index in [9.17, 15) is 9.59 Å². The van der Waals surface area contributed by atoms with Gasteiger partial charge in [-0.25, -0.2) is 4.79 Å². The highest BCUT2D eigenvalue weighted by atomic mass is 32.2. The van der Waals surface area contributed by atoms with Crippen LogP contribution in [-0.4, -0.2) is 40.4 Å². The number of unbranched alkanes of at least 4 members (excludes halogenated alkanes) is 1. The number of hydrogen-bond acceptors (Lipinski definition) is 4. The first kappa shape index (κ1) is 19.9. The Hall–Kier alpha value is -2.17. The summed E-state index contributed by atoms with van der Waals surface area (Å²) in [4.78, 5) is 25.9. The molecule has 0 atom stereocenters. The quantitative estimate of drug-likeness (QED) is 0.154. The number of hydrogen-bond donors (Lipinski definition) is 0. The Morgan fingerprint density at radius 1 is 1.25 bits per heavy atom. The van der Waals surface area contributed by atoms with Crippen LogP contribution in [0.25, 0.3) is 11.6 Å². The molecule has 0 N–H and O–H groups in total. The van der Waals surface area contributed by atoms with Gasteiger partial charge in [-0.2, -0.15) is 16.6 Å². The largest absolute Gasteiger partial charge is 0.457 e. The molecule has 0 aliphatic carbocycles. The molecule has 0 spiro atoms. The summed E-state index contributed by atoms with van der Waals surface area (Å²) in [5, 5.41) is 0. The highest BCUT2D eigenvalue weighted by Crippen LogP contribution is 2.09. The third kappa shape index (κ3) is 7.90. The number of benzene rings is 1. The van der Waals surface area contributed by atoms with Crippen LogP contribution in [0.3, 0.4) is 0 Å². The molecule has 0 aliphatic rings. The van der Waals surface area contributed by atoms with E-state index in [1.165, 1.54) is 5.56 Å². The normalized spacial score (nSPS) is 10.4. The van der Waals surface area contributed by atoms with E-state index < -0.39 is 17.5 Å². The smallest absolute Gasteiger partial charge is 0.441 e. The summed E-state index contributed by atoms with van der Waals surface area (Å²) in [6, 6.07) is 10.1. The second kappa shape index (κ2) is 12.3. The maximum Gasteiger partial charge on any atom is 0.441 e. The van der Waals surface area contributed by atoms with Crippen LogP contribution < -0.4 is 0 Å². The summed E-state index contributed by atoms with van der Waals surface area (Å²) in [6.07, 6.45) is 5.88. The minimum atomic E-state index is -0.870. The zero-order valence-corrected chi connectivity index (χ0v) is 14.6. The van der Waals surface area contributed by atoms with Gasteiger partial charge in [0.25, 0.3) is 5.78 Å². The number of ether oxygens (including phenoxy) is 1. The predicted molar refractivity (Wildman–Crippen MR) is 96.9 cm³/mol. The Bertz CT molecular complexity index is 608. The zero-order chi connectivity index (χ0) is 17.6. The summed E-state index contributed by atoms with van der Waals surface area (Å²) in [6.45, 7) is 1.76. The Morgan fingerprint density at radius 3 is 2.67 bits per heavy atom. The molecular formula is C18H22N2O3S. The first-order valence-electron chi connectivity index (χ1n) is 7.90. The highest BCUT2D eigenvalue weighted by molar-refractivity contribution is 7.99. The SMILES string of the molecule is CCOC(=O)C(=[N+]=[N-])C(=O)CCCCSC/C=C/c1ccccc1. The minimum absolute atomic E-state index is 0.137. The van der Waals surface area contributed by atoms with E-state index in [0.29, 0.717) is 6.42 Å². The number of Topliss-reactive ketones (excluding diaryl/α,β-unsaturated/α-hetero) is 1. The number of esters is 1. The van der Waals surface area contributed by atoms with Crippen molar-refractivity contribution in [3.05, 3.63) is 47.5 Å². The molecule has 0 aromatic heterocycles. The Balaban J connectivity index is 2.15. The van der Waals surface area contributed by atoms with Gasteiger partial charge in [0.15, 0.2) is 0 Å². The van der Waals surface area contributed by atoms with Crippen LogP contribution in [0.5, 0.6) is 0 Å². The van der Waals surface area contributed by atoms with Crippen LogP contribution in [0.15, 0.2) is 36.4 Å². The van der Waals surface area contributed by atoms with Crippen molar-refractivity contribution in [2.75, 3.05) is 18.1 Å². The van der Waals surface area contributed by atoms with E-state index in [1.54, 1.807) is 18.7 Å². The fraction of sp³-hybridized carbons (Fsp3) is 0.389. The third-order valence-electron chi connectivity index (χ3n) is 3.10. The number of rotatable bonds is 11. The minimum Gasteiger partial charge on any atom is -0.457 e.